The van der Waals surface area contributed by atoms with E-state index in [0.717, 1.165) is 31.4 Å². The van der Waals surface area contributed by atoms with Gasteiger partial charge >= 0.3 is 0 Å². The number of hydrogen-bond donors (Lipinski definition) is 1. The predicted octanol–water partition coefficient (Wildman–Crippen LogP) is 3.19. The average molecular weight is 238 g/mol. The van der Waals surface area contributed by atoms with Gasteiger partial charge in [0, 0.05) is 6.20 Å². The largest absolute Gasteiger partial charge is 0.393 e. The lowest BCUT2D eigenvalue weighted by atomic mass is 9.99. The highest BCUT2D eigenvalue weighted by atomic mass is 16.3. The molecule has 0 saturated heterocycles. The molecule has 0 aromatic carbocycles. The van der Waals surface area contributed by atoms with Crippen molar-refractivity contribution >= 4 is 0 Å². The summed E-state index contributed by atoms with van der Waals surface area (Å²) >= 11 is 0. The third kappa shape index (κ3) is 4.50. The van der Waals surface area contributed by atoms with Gasteiger partial charge in [-0.3, -0.25) is 4.68 Å². The molecule has 0 aliphatic heterocycles. The standard InChI is InChI=1S/C14H26N2O/c1-5-14(6-2)16-8-7-13(15-16)10-11(3)9-12(4)17/h7-8,11-12,14,17H,5-6,9-10H2,1-4H3. The van der Waals surface area contributed by atoms with E-state index in [9.17, 15) is 5.11 Å². The Balaban J connectivity index is 2.56. The smallest absolute Gasteiger partial charge is 0.0627 e. The van der Waals surface area contributed by atoms with Gasteiger partial charge in [0.05, 0.1) is 17.8 Å². The van der Waals surface area contributed by atoms with E-state index >= 15 is 0 Å². The first-order valence-electron chi connectivity index (χ1n) is 6.78. The van der Waals surface area contributed by atoms with E-state index in [1.165, 1.54) is 0 Å². The molecule has 0 radical (unpaired) electrons. The van der Waals surface area contributed by atoms with Gasteiger partial charge in [-0.2, -0.15) is 5.10 Å². The number of aromatic nitrogens is 2. The quantitative estimate of drug-likeness (QED) is 0.792. The van der Waals surface area contributed by atoms with Crippen molar-refractivity contribution in [1.29, 1.82) is 0 Å². The van der Waals surface area contributed by atoms with Crippen molar-refractivity contribution in [2.24, 2.45) is 5.92 Å². The van der Waals surface area contributed by atoms with Gasteiger partial charge < -0.3 is 5.11 Å². The second kappa shape index (κ2) is 6.80. The Labute approximate surface area is 105 Å². The van der Waals surface area contributed by atoms with Crippen LogP contribution in [-0.4, -0.2) is 21.0 Å². The van der Waals surface area contributed by atoms with Gasteiger partial charge in [0.2, 0.25) is 0 Å². The first-order chi connectivity index (χ1) is 8.06. The van der Waals surface area contributed by atoms with E-state index in [1.54, 1.807) is 0 Å². The third-order valence-corrected chi connectivity index (χ3v) is 3.28. The van der Waals surface area contributed by atoms with E-state index in [1.807, 2.05) is 6.92 Å². The molecule has 0 fully saturated rings. The van der Waals surface area contributed by atoms with Crippen LogP contribution in [0.15, 0.2) is 12.3 Å². The minimum Gasteiger partial charge on any atom is -0.393 e. The van der Waals surface area contributed by atoms with Crippen LogP contribution in [0.3, 0.4) is 0 Å². The van der Waals surface area contributed by atoms with Crippen LogP contribution in [0.2, 0.25) is 0 Å². The molecular weight excluding hydrogens is 212 g/mol. The fourth-order valence-electron chi connectivity index (χ4n) is 2.38. The van der Waals surface area contributed by atoms with Crippen LogP contribution in [0.5, 0.6) is 0 Å². The van der Waals surface area contributed by atoms with Crippen molar-refractivity contribution in [3.05, 3.63) is 18.0 Å². The summed E-state index contributed by atoms with van der Waals surface area (Å²) in [4.78, 5) is 0. The minimum atomic E-state index is -0.217. The molecule has 2 atom stereocenters. The zero-order valence-electron chi connectivity index (χ0n) is 11.6. The molecule has 0 aliphatic carbocycles. The zero-order valence-corrected chi connectivity index (χ0v) is 11.6. The SMILES string of the molecule is CCC(CC)n1ccc(CC(C)CC(C)O)n1. The molecule has 0 amide bonds. The van der Waals surface area contributed by atoms with Crippen LogP contribution in [0, 0.1) is 5.92 Å². The fourth-order valence-corrected chi connectivity index (χ4v) is 2.38. The van der Waals surface area contributed by atoms with Crippen LogP contribution in [0.25, 0.3) is 0 Å². The van der Waals surface area contributed by atoms with Crippen molar-refractivity contribution in [2.45, 2.75) is 65.5 Å². The van der Waals surface area contributed by atoms with E-state index in [-0.39, 0.29) is 6.10 Å². The second-order valence-corrected chi connectivity index (χ2v) is 5.15. The molecule has 2 unspecified atom stereocenters. The Morgan fingerprint density at radius 1 is 1.29 bits per heavy atom. The van der Waals surface area contributed by atoms with Crippen molar-refractivity contribution in [3.63, 3.8) is 0 Å². The number of aliphatic hydroxyl groups excluding tert-OH is 1. The Kier molecular flexibility index (Phi) is 5.69. The van der Waals surface area contributed by atoms with E-state index in [2.05, 4.69) is 42.8 Å². The first kappa shape index (κ1) is 14.2. The third-order valence-electron chi connectivity index (χ3n) is 3.28. The summed E-state index contributed by atoms with van der Waals surface area (Å²) in [5.41, 5.74) is 1.14. The van der Waals surface area contributed by atoms with Crippen molar-refractivity contribution in [2.75, 3.05) is 0 Å². The second-order valence-electron chi connectivity index (χ2n) is 5.15. The normalized spacial score (nSPS) is 15.2. The monoisotopic (exact) mass is 238 g/mol. The van der Waals surface area contributed by atoms with Gasteiger partial charge in [0.1, 0.15) is 0 Å². The first-order valence-corrected chi connectivity index (χ1v) is 6.78. The predicted molar refractivity (Wildman–Crippen MR) is 71.0 cm³/mol. The highest BCUT2D eigenvalue weighted by molar-refractivity contribution is 5.01. The van der Waals surface area contributed by atoms with Crippen LogP contribution in [0.4, 0.5) is 0 Å². The Hall–Kier alpha value is -0.830. The maximum Gasteiger partial charge on any atom is 0.0627 e. The maximum absolute atomic E-state index is 9.34. The molecule has 1 rings (SSSR count). The van der Waals surface area contributed by atoms with Crippen LogP contribution < -0.4 is 0 Å². The molecule has 0 spiro atoms. The number of aliphatic hydroxyl groups is 1. The van der Waals surface area contributed by atoms with Gasteiger partial charge in [0.15, 0.2) is 0 Å². The molecule has 0 saturated carbocycles. The van der Waals surface area contributed by atoms with Crippen molar-refractivity contribution < 1.29 is 5.11 Å². The van der Waals surface area contributed by atoms with Gasteiger partial charge in [-0.25, -0.2) is 0 Å². The lowest BCUT2D eigenvalue weighted by molar-refractivity contribution is 0.164. The molecular formula is C14H26N2O. The zero-order chi connectivity index (χ0) is 12.8. The molecule has 17 heavy (non-hydrogen) atoms. The van der Waals surface area contributed by atoms with Crippen LogP contribution in [0.1, 0.15) is 58.7 Å². The van der Waals surface area contributed by atoms with Crippen LogP contribution in [-0.2, 0) is 6.42 Å². The molecule has 1 heterocycles. The maximum atomic E-state index is 9.34. The van der Waals surface area contributed by atoms with Gasteiger partial charge in [0.25, 0.3) is 0 Å². The number of nitrogens with zero attached hydrogens (tertiary/aromatic N) is 2. The highest BCUT2D eigenvalue weighted by Gasteiger charge is 2.11. The number of rotatable bonds is 7. The summed E-state index contributed by atoms with van der Waals surface area (Å²) in [5, 5.41) is 14.0. The molecule has 0 bridgehead atoms. The van der Waals surface area contributed by atoms with Gasteiger partial charge in [-0.05, 0) is 44.6 Å². The molecule has 1 N–H and O–H groups in total. The highest BCUT2D eigenvalue weighted by Crippen LogP contribution is 2.17. The fraction of sp³-hybridized carbons (Fsp3) is 0.786. The van der Waals surface area contributed by atoms with Gasteiger partial charge in [-0.1, -0.05) is 20.8 Å². The summed E-state index contributed by atoms with van der Waals surface area (Å²) in [5.74, 6) is 0.486. The molecule has 3 nitrogen and oxygen atoms in total. The Bertz CT molecular complexity index is 316. The molecule has 3 heteroatoms. The number of hydrogen-bond acceptors (Lipinski definition) is 2. The van der Waals surface area contributed by atoms with E-state index in [0.29, 0.717) is 12.0 Å². The summed E-state index contributed by atoms with van der Waals surface area (Å²) < 4.78 is 2.09. The minimum absolute atomic E-state index is 0.217. The lowest BCUT2D eigenvalue weighted by Crippen LogP contribution is -2.11. The Morgan fingerprint density at radius 3 is 2.47 bits per heavy atom. The summed E-state index contributed by atoms with van der Waals surface area (Å²) in [6, 6.07) is 2.63. The summed E-state index contributed by atoms with van der Waals surface area (Å²) in [6.07, 6.45) is 5.92. The van der Waals surface area contributed by atoms with E-state index in [4.69, 9.17) is 0 Å². The molecule has 1 aromatic heterocycles. The lowest BCUT2D eigenvalue weighted by Gasteiger charge is -2.13. The molecule has 1 aromatic rings. The van der Waals surface area contributed by atoms with Crippen LogP contribution >= 0.6 is 0 Å². The van der Waals surface area contributed by atoms with Crippen molar-refractivity contribution in [3.8, 4) is 0 Å². The summed E-state index contributed by atoms with van der Waals surface area (Å²) in [7, 11) is 0. The molecule has 0 aliphatic rings. The topological polar surface area (TPSA) is 38.0 Å². The van der Waals surface area contributed by atoms with Crippen molar-refractivity contribution in [1.82, 2.24) is 9.78 Å². The Morgan fingerprint density at radius 2 is 1.94 bits per heavy atom. The molecule has 98 valence electrons. The summed E-state index contributed by atoms with van der Waals surface area (Å²) in [6.45, 7) is 8.42. The van der Waals surface area contributed by atoms with E-state index < -0.39 is 0 Å². The average Bonchev–Trinajstić information content (AvgIpc) is 2.67. The van der Waals surface area contributed by atoms with Gasteiger partial charge in [-0.15, -0.1) is 0 Å².